The van der Waals surface area contributed by atoms with Crippen molar-refractivity contribution >= 4 is 29.6 Å². The second-order valence-electron chi connectivity index (χ2n) is 6.31. The largest absolute Gasteiger partial charge is 0.433 e. The maximum atomic E-state index is 12.8. The Morgan fingerprint density at radius 3 is 2.55 bits per heavy atom. The Balaban J connectivity index is 1.62. The summed E-state index contributed by atoms with van der Waals surface area (Å²) in [5.41, 5.74) is 4.61. The number of aromatic nitrogens is 2. The van der Waals surface area contributed by atoms with E-state index in [-0.39, 0.29) is 11.3 Å². The van der Waals surface area contributed by atoms with Crippen LogP contribution in [0.25, 0.3) is 16.9 Å². The standard InChI is InChI=1S/C21H14ClN5O4/c22-15-8-6-14(7-9-15)20-18(13-26(25-20)16-4-2-1-3-5-16)21(28)24-23-12-17-10-11-19(31-17)27(29)30/h1-13H,(H,24,28)/b23-12-. The quantitative estimate of drug-likeness (QED) is 0.273. The summed E-state index contributed by atoms with van der Waals surface area (Å²) in [6.45, 7) is 0. The lowest BCUT2D eigenvalue weighted by Gasteiger charge is -2.01. The van der Waals surface area contributed by atoms with Crippen molar-refractivity contribution in [1.29, 1.82) is 0 Å². The molecule has 1 amide bonds. The Morgan fingerprint density at radius 2 is 1.87 bits per heavy atom. The number of furan rings is 1. The molecule has 0 spiro atoms. The number of benzene rings is 2. The Hall–Kier alpha value is -4.24. The van der Waals surface area contributed by atoms with Gasteiger partial charge in [-0.1, -0.05) is 41.9 Å². The summed E-state index contributed by atoms with van der Waals surface area (Å²) >= 11 is 5.98. The highest BCUT2D eigenvalue weighted by molar-refractivity contribution is 6.30. The zero-order valence-electron chi connectivity index (χ0n) is 15.8. The van der Waals surface area contributed by atoms with Crippen molar-refractivity contribution in [2.75, 3.05) is 0 Å². The van der Waals surface area contributed by atoms with Crippen LogP contribution in [-0.2, 0) is 0 Å². The number of nitrogens with zero attached hydrogens (tertiary/aromatic N) is 4. The first-order valence-electron chi connectivity index (χ1n) is 9.00. The molecule has 0 fully saturated rings. The zero-order chi connectivity index (χ0) is 21.8. The first-order chi connectivity index (χ1) is 15.0. The average molecular weight is 436 g/mol. The molecule has 154 valence electrons. The number of carbonyl (C=O) groups is 1. The third kappa shape index (κ3) is 4.51. The fraction of sp³-hybridized carbons (Fsp3) is 0. The van der Waals surface area contributed by atoms with Crippen LogP contribution in [-0.4, -0.2) is 26.8 Å². The lowest BCUT2D eigenvalue weighted by Crippen LogP contribution is -2.17. The van der Waals surface area contributed by atoms with Gasteiger partial charge in [-0.2, -0.15) is 10.2 Å². The summed E-state index contributed by atoms with van der Waals surface area (Å²) in [6.07, 6.45) is 2.77. The first-order valence-corrected chi connectivity index (χ1v) is 9.38. The number of hydrogen-bond acceptors (Lipinski definition) is 6. The summed E-state index contributed by atoms with van der Waals surface area (Å²) in [4.78, 5) is 22.8. The minimum atomic E-state index is -0.660. The Morgan fingerprint density at radius 1 is 1.13 bits per heavy atom. The molecule has 10 heteroatoms. The van der Waals surface area contributed by atoms with Crippen molar-refractivity contribution in [3.63, 3.8) is 0 Å². The highest BCUT2D eigenvalue weighted by Crippen LogP contribution is 2.25. The van der Waals surface area contributed by atoms with E-state index in [1.165, 1.54) is 18.3 Å². The minimum absolute atomic E-state index is 0.130. The molecule has 0 aliphatic carbocycles. The number of para-hydroxylation sites is 1. The molecule has 4 rings (SSSR count). The highest BCUT2D eigenvalue weighted by atomic mass is 35.5. The molecule has 31 heavy (non-hydrogen) atoms. The summed E-state index contributed by atoms with van der Waals surface area (Å²) < 4.78 is 6.57. The van der Waals surface area contributed by atoms with Crippen LogP contribution in [0.5, 0.6) is 0 Å². The molecule has 0 bridgehead atoms. The van der Waals surface area contributed by atoms with Crippen molar-refractivity contribution in [2.45, 2.75) is 0 Å². The molecule has 1 N–H and O–H groups in total. The van der Waals surface area contributed by atoms with E-state index in [2.05, 4.69) is 15.6 Å². The van der Waals surface area contributed by atoms with Crippen molar-refractivity contribution in [3.8, 4) is 16.9 Å². The molecule has 0 radical (unpaired) electrons. The topological polar surface area (TPSA) is 116 Å². The summed E-state index contributed by atoms with van der Waals surface area (Å²) in [5, 5.41) is 19.6. The van der Waals surface area contributed by atoms with Crippen LogP contribution in [0, 0.1) is 10.1 Å². The molecular weight excluding hydrogens is 422 g/mol. The SMILES string of the molecule is O=C(N/N=C\c1ccc([N+](=O)[O-])o1)c1cn(-c2ccccc2)nc1-c1ccc(Cl)cc1. The summed E-state index contributed by atoms with van der Waals surface area (Å²) in [5.74, 6) is -0.795. The Kier molecular flexibility index (Phi) is 5.59. The molecule has 0 aliphatic rings. The van der Waals surface area contributed by atoms with E-state index in [0.29, 0.717) is 16.3 Å². The van der Waals surface area contributed by atoms with Crippen molar-refractivity contribution in [2.24, 2.45) is 5.10 Å². The number of rotatable bonds is 6. The second-order valence-corrected chi connectivity index (χ2v) is 6.75. The average Bonchev–Trinajstić information content (AvgIpc) is 3.43. The van der Waals surface area contributed by atoms with Crippen LogP contribution in [0.2, 0.25) is 5.02 Å². The van der Waals surface area contributed by atoms with Gasteiger partial charge in [0, 0.05) is 16.8 Å². The highest BCUT2D eigenvalue weighted by Gasteiger charge is 2.18. The Labute approximate surface area is 180 Å². The van der Waals surface area contributed by atoms with Gasteiger partial charge in [0.05, 0.1) is 23.5 Å². The lowest BCUT2D eigenvalue weighted by atomic mass is 10.1. The van der Waals surface area contributed by atoms with Crippen LogP contribution < -0.4 is 5.43 Å². The number of amides is 1. The van der Waals surface area contributed by atoms with Crippen molar-refractivity contribution in [3.05, 3.63) is 99.4 Å². The van der Waals surface area contributed by atoms with Crippen LogP contribution >= 0.6 is 11.6 Å². The molecule has 0 saturated carbocycles. The van der Waals surface area contributed by atoms with E-state index in [1.807, 2.05) is 30.3 Å². The van der Waals surface area contributed by atoms with E-state index in [4.69, 9.17) is 16.0 Å². The number of hydrazone groups is 1. The molecule has 0 saturated heterocycles. The van der Waals surface area contributed by atoms with Gasteiger partial charge in [-0.15, -0.1) is 0 Å². The molecular formula is C21H14ClN5O4. The van der Waals surface area contributed by atoms with Crippen LogP contribution in [0.1, 0.15) is 16.1 Å². The monoisotopic (exact) mass is 435 g/mol. The van der Waals surface area contributed by atoms with Crippen LogP contribution in [0.15, 0.2) is 82.4 Å². The predicted octanol–water partition coefficient (Wildman–Crippen LogP) is 4.46. The number of carbonyl (C=O) groups excluding carboxylic acids is 1. The van der Waals surface area contributed by atoms with Gasteiger partial charge < -0.3 is 4.42 Å². The molecule has 9 nitrogen and oxygen atoms in total. The maximum absolute atomic E-state index is 12.8. The van der Waals surface area contributed by atoms with Gasteiger partial charge >= 0.3 is 5.88 Å². The van der Waals surface area contributed by atoms with E-state index >= 15 is 0 Å². The van der Waals surface area contributed by atoms with Crippen molar-refractivity contribution in [1.82, 2.24) is 15.2 Å². The third-order valence-corrected chi connectivity index (χ3v) is 4.50. The molecule has 2 heterocycles. The number of nitrogens with one attached hydrogen (secondary N) is 1. The van der Waals surface area contributed by atoms with Gasteiger partial charge in [0.25, 0.3) is 5.91 Å². The predicted molar refractivity (Wildman–Crippen MR) is 114 cm³/mol. The number of halogens is 1. The second kappa shape index (κ2) is 8.64. The molecule has 4 aromatic rings. The van der Waals surface area contributed by atoms with E-state index in [9.17, 15) is 14.9 Å². The van der Waals surface area contributed by atoms with Gasteiger partial charge in [-0.3, -0.25) is 14.9 Å². The van der Waals surface area contributed by atoms with Crippen LogP contribution in [0.3, 0.4) is 0 Å². The minimum Gasteiger partial charge on any atom is -0.400 e. The normalized spacial score (nSPS) is 11.0. The summed E-state index contributed by atoms with van der Waals surface area (Å²) in [6, 6.07) is 18.9. The van der Waals surface area contributed by atoms with E-state index in [0.717, 1.165) is 5.69 Å². The first kappa shape index (κ1) is 20.0. The van der Waals surface area contributed by atoms with Gasteiger partial charge in [-0.05, 0) is 30.3 Å². The molecule has 0 aliphatic heterocycles. The summed E-state index contributed by atoms with van der Waals surface area (Å²) in [7, 11) is 0. The maximum Gasteiger partial charge on any atom is 0.433 e. The van der Waals surface area contributed by atoms with Crippen LogP contribution in [0.4, 0.5) is 5.88 Å². The van der Waals surface area contributed by atoms with Gasteiger partial charge in [-0.25, -0.2) is 10.1 Å². The number of nitro groups is 1. The molecule has 0 atom stereocenters. The van der Waals surface area contributed by atoms with E-state index in [1.54, 1.807) is 35.1 Å². The Bertz CT molecular complexity index is 1260. The number of hydrogen-bond donors (Lipinski definition) is 1. The molecule has 2 aromatic heterocycles. The molecule has 0 unspecified atom stereocenters. The van der Waals surface area contributed by atoms with Gasteiger partial charge in [0.15, 0.2) is 5.76 Å². The lowest BCUT2D eigenvalue weighted by molar-refractivity contribution is -0.402. The van der Waals surface area contributed by atoms with Gasteiger partial charge in [0.1, 0.15) is 10.6 Å². The van der Waals surface area contributed by atoms with Crippen molar-refractivity contribution < 1.29 is 14.1 Å². The fourth-order valence-corrected chi connectivity index (χ4v) is 2.92. The van der Waals surface area contributed by atoms with Gasteiger partial charge in [0.2, 0.25) is 0 Å². The smallest absolute Gasteiger partial charge is 0.400 e. The zero-order valence-corrected chi connectivity index (χ0v) is 16.6. The third-order valence-electron chi connectivity index (χ3n) is 4.25. The molecule has 2 aromatic carbocycles. The fourth-order valence-electron chi connectivity index (χ4n) is 2.80. The van der Waals surface area contributed by atoms with E-state index < -0.39 is 16.7 Å².